The Hall–Kier alpha value is -5.82. The van der Waals surface area contributed by atoms with Crippen molar-refractivity contribution in [1.29, 1.82) is 0 Å². The first-order chi connectivity index (χ1) is 27.7. The van der Waals surface area contributed by atoms with E-state index < -0.39 is 60.2 Å². The quantitative estimate of drug-likeness (QED) is 0.146. The van der Waals surface area contributed by atoms with Crippen molar-refractivity contribution >= 4 is 34.6 Å². The highest BCUT2D eigenvalue weighted by Gasteiger charge is 2.44. The predicted octanol–water partition coefficient (Wildman–Crippen LogP) is 11.0. The van der Waals surface area contributed by atoms with Gasteiger partial charge in [0.1, 0.15) is 11.5 Å². The molecule has 8 nitrogen and oxygen atoms in total. The summed E-state index contributed by atoms with van der Waals surface area (Å²) < 4.78 is 164. The van der Waals surface area contributed by atoms with E-state index in [1.165, 1.54) is 48.5 Å². The molecule has 2 heterocycles. The second kappa shape index (κ2) is 18.4. The van der Waals surface area contributed by atoms with Gasteiger partial charge in [-0.1, -0.05) is 12.1 Å². The van der Waals surface area contributed by atoms with Crippen LogP contribution in [-0.2, 0) is 12.4 Å². The number of nitrogens with zero attached hydrogens (tertiary/aromatic N) is 2. The van der Waals surface area contributed by atoms with Crippen molar-refractivity contribution in [2.45, 2.75) is 57.2 Å². The minimum atomic E-state index is -4.74. The second-order valence-corrected chi connectivity index (χ2v) is 13.2. The van der Waals surface area contributed by atoms with E-state index in [0.29, 0.717) is 32.2 Å². The average Bonchev–Trinajstić information content (AvgIpc) is 3.90. The molecule has 2 aliphatic heterocycles. The van der Waals surface area contributed by atoms with Crippen LogP contribution < -0.4 is 29.9 Å². The summed E-state index contributed by atoms with van der Waals surface area (Å²) >= 11 is 0. The van der Waals surface area contributed by atoms with Gasteiger partial charge < -0.3 is 29.9 Å². The molecule has 0 aliphatic carbocycles. The third kappa shape index (κ3) is 11.9. The normalized spacial score (nSPS) is 14.6. The number of hydrogen-bond donors (Lipinski definition) is 2. The van der Waals surface area contributed by atoms with E-state index in [-0.39, 0.29) is 39.6 Å². The lowest BCUT2D eigenvalue weighted by Gasteiger charge is -2.23. The Kier molecular flexibility index (Phi) is 13.8. The summed E-state index contributed by atoms with van der Waals surface area (Å²) in [6, 6.07) is 16.0. The van der Waals surface area contributed by atoms with Crippen LogP contribution in [0.25, 0.3) is 0 Å². The van der Waals surface area contributed by atoms with Crippen molar-refractivity contribution < 1.29 is 71.7 Å². The van der Waals surface area contributed by atoms with Gasteiger partial charge in [0.05, 0.1) is 11.1 Å². The molecule has 6 rings (SSSR count). The van der Waals surface area contributed by atoms with Crippen LogP contribution in [0.4, 0.5) is 75.4 Å². The summed E-state index contributed by atoms with van der Waals surface area (Å²) in [6.45, 7) is -1.01. The third-order valence-corrected chi connectivity index (χ3v) is 8.94. The number of benzene rings is 4. The first-order valence-electron chi connectivity index (χ1n) is 17.8. The minimum absolute atomic E-state index is 0.0221. The maximum absolute atomic E-state index is 13.5. The molecule has 59 heavy (non-hydrogen) atoms. The smallest absolute Gasteiger partial charge is 0.435 e. The lowest BCUT2D eigenvalue weighted by atomic mass is 10.1. The van der Waals surface area contributed by atoms with E-state index in [1.54, 1.807) is 9.80 Å². The molecule has 0 bridgehead atoms. The largest absolute Gasteiger partial charge is 0.461 e. The Morgan fingerprint density at radius 3 is 1.36 bits per heavy atom. The molecule has 2 aliphatic rings. The highest BCUT2D eigenvalue weighted by atomic mass is 19.4. The van der Waals surface area contributed by atoms with Crippen LogP contribution in [0.15, 0.2) is 84.9 Å². The van der Waals surface area contributed by atoms with Gasteiger partial charge in [0.25, 0.3) is 11.8 Å². The molecule has 2 saturated heterocycles. The maximum Gasteiger partial charge on any atom is 0.461 e. The molecule has 0 radical (unpaired) electrons. The number of carbonyl (C=O) groups excluding carboxylic acids is 2. The van der Waals surface area contributed by atoms with Crippen molar-refractivity contribution in [1.82, 2.24) is 0 Å². The van der Waals surface area contributed by atoms with Crippen LogP contribution in [0.1, 0.15) is 57.5 Å². The number of alkyl halides is 12. The lowest BCUT2D eigenvalue weighted by molar-refractivity contribution is -0.253. The first-order valence-corrected chi connectivity index (χ1v) is 17.8. The highest BCUT2D eigenvalue weighted by molar-refractivity contribution is 6.05. The molecule has 20 heteroatoms. The molecule has 0 saturated carbocycles. The summed E-state index contributed by atoms with van der Waals surface area (Å²) in [6.07, 6.45) is -14.9. The number of halogens is 12. The zero-order chi connectivity index (χ0) is 43.1. The van der Waals surface area contributed by atoms with Crippen LogP contribution in [0.2, 0.25) is 0 Å². The summed E-state index contributed by atoms with van der Waals surface area (Å²) in [5.41, 5.74) is -2.30. The number of amides is 2. The third-order valence-electron chi connectivity index (χ3n) is 8.94. The van der Waals surface area contributed by atoms with Crippen LogP contribution in [0, 0.1) is 0 Å². The fourth-order valence-electron chi connectivity index (χ4n) is 6.27. The Balaban J connectivity index is 0.000000225. The average molecular weight is 851 g/mol. The molecule has 4 aromatic carbocycles. The molecule has 2 N–H and O–H groups in total. The van der Waals surface area contributed by atoms with Gasteiger partial charge in [-0.25, -0.2) is 0 Å². The number of hydrogen-bond acceptors (Lipinski definition) is 6. The molecule has 0 unspecified atom stereocenters. The van der Waals surface area contributed by atoms with Gasteiger partial charge in [0, 0.05) is 72.2 Å². The molecule has 0 atom stereocenters. The zero-order valence-corrected chi connectivity index (χ0v) is 30.5. The van der Waals surface area contributed by atoms with Gasteiger partial charge >= 0.3 is 31.5 Å². The molecular weight excluding hydrogens is 816 g/mol. The number of carbonyl (C=O) groups is 2. The van der Waals surface area contributed by atoms with Crippen molar-refractivity contribution in [2.24, 2.45) is 0 Å². The minimum Gasteiger partial charge on any atom is -0.435 e. The van der Waals surface area contributed by atoms with Crippen LogP contribution >= 0.6 is 0 Å². The molecule has 4 aromatic rings. The maximum atomic E-state index is 13.5. The van der Waals surface area contributed by atoms with E-state index in [1.807, 2.05) is 0 Å². The number of rotatable bonds is 11. The van der Waals surface area contributed by atoms with Gasteiger partial charge in [0.15, 0.2) is 0 Å². The van der Waals surface area contributed by atoms with Crippen molar-refractivity contribution in [3.05, 3.63) is 107 Å². The molecule has 0 aromatic heterocycles. The van der Waals surface area contributed by atoms with Gasteiger partial charge in [-0.3, -0.25) is 9.59 Å². The van der Waals surface area contributed by atoms with Gasteiger partial charge in [0.2, 0.25) is 0 Å². The monoisotopic (exact) mass is 850 g/mol. The standard InChI is InChI=1S/C20H17F7N2O2.C19H17F5N2O2/c21-18(22)20(26,27)31-14-5-3-4-13(11-14)28-17(30)12-6-7-16(29-8-1-2-9-29)15(10-12)19(23,24)25;20-18(21)28-14-5-3-4-13(11-14)25-17(27)12-6-7-16(26-8-1-2-9-26)15(10-12)19(22,23)24/h3-7,10-11,18H,1-2,8-9H2,(H,28,30);3-7,10-11,18H,1-2,8-9H2,(H,25,27). The molecule has 2 fully saturated rings. The fraction of sp³-hybridized carbons (Fsp3) is 0.333. The molecule has 318 valence electrons. The number of nitrogens with one attached hydrogen (secondary N) is 2. The van der Waals surface area contributed by atoms with Gasteiger partial charge in [-0.05, 0) is 86.3 Å². The Labute approximate surface area is 328 Å². The Morgan fingerprint density at radius 1 is 0.559 bits per heavy atom. The van der Waals surface area contributed by atoms with E-state index in [0.717, 1.165) is 56.0 Å². The SMILES string of the molecule is O=C(Nc1cccc(OC(F)(F)C(F)F)c1)c1ccc(N2CCCC2)c(C(F)(F)F)c1.O=C(Nc1cccc(OC(F)F)c1)c1ccc(N2CCCC2)c(C(F)(F)F)c1. The summed E-state index contributed by atoms with van der Waals surface area (Å²) in [7, 11) is 0. The highest BCUT2D eigenvalue weighted by Crippen LogP contribution is 2.40. The van der Waals surface area contributed by atoms with E-state index in [4.69, 9.17) is 0 Å². The summed E-state index contributed by atoms with van der Waals surface area (Å²) in [5, 5.41) is 4.64. The van der Waals surface area contributed by atoms with Crippen LogP contribution in [0.3, 0.4) is 0 Å². The second-order valence-electron chi connectivity index (χ2n) is 13.2. The van der Waals surface area contributed by atoms with Gasteiger partial charge in [-0.2, -0.15) is 52.7 Å². The van der Waals surface area contributed by atoms with Gasteiger partial charge in [-0.15, -0.1) is 0 Å². The van der Waals surface area contributed by atoms with Crippen molar-refractivity contribution in [2.75, 3.05) is 46.6 Å². The van der Waals surface area contributed by atoms with Crippen LogP contribution in [-0.4, -0.2) is 57.1 Å². The predicted molar refractivity (Wildman–Crippen MR) is 193 cm³/mol. The molecule has 0 spiro atoms. The fourth-order valence-corrected chi connectivity index (χ4v) is 6.27. The number of ether oxygens (including phenoxy) is 2. The Morgan fingerprint density at radius 2 is 0.966 bits per heavy atom. The van der Waals surface area contributed by atoms with Crippen molar-refractivity contribution in [3.8, 4) is 11.5 Å². The lowest BCUT2D eigenvalue weighted by Crippen LogP contribution is -2.33. The van der Waals surface area contributed by atoms with Crippen molar-refractivity contribution in [3.63, 3.8) is 0 Å². The van der Waals surface area contributed by atoms with E-state index in [2.05, 4.69) is 20.1 Å². The topological polar surface area (TPSA) is 83.1 Å². The summed E-state index contributed by atoms with van der Waals surface area (Å²) in [4.78, 5) is 28.0. The number of anilines is 4. The molecule has 2 amide bonds. The first kappa shape index (κ1) is 44.3. The van der Waals surface area contributed by atoms with E-state index in [9.17, 15) is 62.3 Å². The zero-order valence-electron chi connectivity index (χ0n) is 30.5. The molecular formula is C39H34F12N4O4. The van der Waals surface area contributed by atoms with Crippen LogP contribution in [0.5, 0.6) is 11.5 Å². The van der Waals surface area contributed by atoms with E-state index >= 15 is 0 Å². The Bertz CT molecular complexity index is 2080. The summed E-state index contributed by atoms with van der Waals surface area (Å²) in [5.74, 6) is -2.54.